The Morgan fingerprint density at radius 2 is 1.23 bits per heavy atom. The van der Waals surface area contributed by atoms with Gasteiger partial charge < -0.3 is 4.42 Å². The summed E-state index contributed by atoms with van der Waals surface area (Å²) in [5, 5.41) is 2.16. The third-order valence-electron chi connectivity index (χ3n) is 7.87. The molecular weight excluding hydrogens is 494 g/mol. The highest BCUT2D eigenvalue weighted by molar-refractivity contribution is 6.17. The lowest BCUT2D eigenvalue weighted by Gasteiger charge is -2.21. The molecule has 0 spiro atoms. The number of benzene rings is 3. The smallest absolute Gasteiger partial charge is 0.182 e. The van der Waals surface area contributed by atoms with Crippen LogP contribution >= 0.6 is 0 Å². The van der Waals surface area contributed by atoms with E-state index in [0.717, 1.165) is 27.5 Å². The standard InChI is InChI=1S/C34H23N5O/c1-34(2)23-13-4-3-10-20(23)28-24(34)16-17-27-29(28)21-11-9-12-22(30(21)40-27)31-37-32(25-14-5-7-18-35-25)39-33(38-31)26-15-6-8-19-36-26/h3-19H,1-2H3. The summed E-state index contributed by atoms with van der Waals surface area (Å²) in [4.78, 5) is 23.5. The molecule has 0 saturated heterocycles. The number of aromatic nitrogens is 5. The summed E-state index contributed by atoms with van der Waals surface area (Å²) in [6.45, 7) is 4.58. The molecule has 1 aliphatic carbocycles. The number of para-hydroxylation sites is 1. The molecule has 0 unspecified atom stereocenters. The average molecular weight is 518 g/mol. The van der Waals surface area contributed by atoms with Gasteiger partial charge in [0, 0.05) is 28.6 Å². The van der Waals surface area contributed by atoms with Crippen LogP contribution in [0.5, 0.6) is 0 Å². The second-order valence-electron chi connectivity index (χ2n) is 10.6. The van der Waals surface area contributed by atoms with Crippen LogP contribution < -0.4 is 0 Å². The predicted molar refractivity (Wildman–Crippen MR) is 157 cm³/mol. The van der Waals surface area contributed by atoms with Crippen molar-refractivity contribution in [2.75, 3.05) is 0 Å². The van der Waals surface area contributed by atoms with E-state index < -0.39 is 0 Å². The zero-order chi connectivity index (χ0) is 26.8. The fraction of sp³-hybridized carbons (Fsp3) is 0.0882. The Morgan fingerprint density at radius 1 is 0.575 bits per heavy atom. The predicted octanol–water partition coefficient (Wildman–Crippen LogP) is 7.87. The van der Waals surface area contributed by atoms with Crippen LogP contribution in [0, 0.1) is 0 Å². The van der Waals surface area contributed by atoms with Gasteiger partial charge in [0.05, 0.1) is 5.56 Å². The van der Waals surface area contributed by atoms with Crippen molar-refractivity contribution >= 4 is 21.9 Å². The second-order valence-corrected chi connectivity index (χ2v) is 10.6. The highest BCUT2D eigenvalue weighted by Gasteiger charge is 2.37. The zero-order valence-electron chi connectivity index (χ0n) is 22.0. The summed E-state index contributed by atoms with van der Waals surface area (Å²) < 4.78 is 6.61. The minimum absolute atomic E-state index is 0.0926. The molecule has 7 aromatic rings. The summed E-state index contributed by atoms with van der Waals surface area (Å²) in [6.07, 6.45) is 3.47. The van der Waals surface area contributed by atoms with Crippen LogP contribution in [0.3, 0.4) is 0 Å². The first kappa shape index (κ1) is 22.7. The molecule has 4 heterocycles. The normalized spacial score (nSPS) is 13.4. The number of rotatable bonds is 3. The molecule has 0 fully saturated rings. The van der Waals surface area contributed by atoms with Gasteiger partial charge in [-0.05, 0) is 58.7 Å². The zero-order valence-corrected chi connectivity index (χ0v) is 22.0. The van der Waals surface area contributed by atoms with Crippen molar-refractivity contribution in [3.8, 4) is 45.6 Å². The summed E-state index contributed by atoms with van der Waals surface area (Å²) >= 11 is 0. The maximum Gasteiger partial charge on any atom is 0.182 e. The molecule has 0 atom stereocenters. The molecule has 8 rings (SSSR count). The fourth-order valence-corrected chi connectivity index (χ4v) is 5.97. The molecule has 4 aromatic heterocycles. The largest absolute Gasteiger partial charge is 0.455 e. The van der Waals surface area contributed by atoms with Crippen molar-refractivity contribution < 1.29 is 4.42 Å². The Bertz CT molecular complexity index is 2020. The molecule has 1 aliphatic rings. The van der Waals surface area contributed by atoms with Crippen molar-refractivity contribution in [1.82, 2.24) is 24.9 Å². The monoisotopic (exact) mass is 517 g/mol. The first-order chi connectivity index (χ1) is 19.6. The third kappa shape index (κ3) is 3.26. The average Bonchev–Trinajstić information content (AvgIpc) is 3.50. The van der Waals surface area contributed by atoms with Crippen molar-refractivity contribution in [3.05, 3.63) is 115 Å². The Hall–Kier alpha value is -5.23. The van der Waals surface area contributed by atoms with Crippen LogP contribution in [-0.4, -0.2) is 24.9 Å². The molecule has 190 valence electrons. The van der Waals surface area contributed by atoms with Gasteiger partial charge in [0.25, 0.3) is 0 Å². The molecule has 0 amide bonds. The number of hydrogen-bond acceptors (Lipinski definition) is 6. The molecule has 3 aromatic carbocycles. The van der Waals surface area contributed by atoms with Crippen molar-refractivity contribution in [2.45, 2.75) is 19.3 Å². The van der Waals surface area contributed by atoms with E-state index in [-0.39, 0.29) is 5.41 Å². The van der Waals surface area contributed by atoms with E-state index in [0.29, 0.717) is 28.9 Å². The van der Waals surface area contributed by atoms with E-state index in [4.69, 9.17) is 19.4 Å². The molecule has 0 radical (unpaired) electrons. The third-order valence-corrected chi connectivity index (χ3v) is 7.87. The molecule has 0 N–H and O–H groups in total. The maximum absolute atomic E-state index is 6.61. The summed E-state index contributed by atoms with van der Waals surface area (Å²) in [6, 6.07) is 30.5. The van der Waals surface area contributed by atoms with E-state index in [1.807, 2.05) is 48.5 Å². The Labute approximate surface area is 230 Å². The molecule has 6 heteroatoms. The minimum atomic E-state index is -0.0926. The van der Waals surface area contributed by atoms with Crippen LogP contribution in [-0.2, 0) is 5.41 Å². The lowest BCUT2D eigenvalue weighted by Crippen LogP contribution is -2.14. The summed E-state index contributed by atoms with van der Waals surface area (Å²) in [5.41, 5.74) is 8.77. The van der Waals surface area contributed by atoms with Crippen molar-refractivity contribution in [1.29, 1.82) is 0 Å². The van der Waals surface area contributed by atoms with Gasteiger partial charge in [-0.2, -0.15) is 0 Å². The molecular formula is C34H23N5O. The first-order valence-corrected chi connectivity index (χ1v) is 13.3. The lowest BCUT2D eigenvalue weighted by molar-refractivity contribution is 0.657. The van der Waals surface area contributed by atoms with E-state index in [2.05, 4.69) is 66.3 Å². The van der Waals surface area contributed by atoms with Crippen LogP contribution in [0.2, 0.25) is 0 Å². The van der Waals surface area contributed by atoms with Gasteiger partial charge in [0.1, 0.15) is 22.6 Å². The highest BCUT2D eigenvalue weighted by atomic mass is 16.3. The maximum atomic E-state index is 6.61. The molecule has 0 bridgehead atoms. The fourth-order valence-electron chi connectivity index (χ4n) is 5.97. The minimum Gasteiger partial charge on any atom is -0.455 e. The van der Waals surface area contributed by atoms with Gasteiger partial charge in [-0.1, -0.05) is 68.4 Å². The topological polar surface area (TPSA) is 77.6 Å². The van der Waals surface area contributed by atoms with Crippen LogP contribution in [0.1, 0.15) is 25.0 Å². The van der Waals surface area contributed by atoms with Gasteiger partial charge in [0.15, 0.2) is 17.5 Å². The van der Waals surface area contributed by atoms with Crippen LogP contribution in [0.25, 0.3) is 67.5 Å². The van der Waals surface area contributed by atoms with Gasteiger partial charge >= 0.3 is 0 Å². The number of pyridine rings is 2. The van der Waals surface area contributed by atoms with Gasteiger partial charge in [-0.3, -0.25) is 9.97 Å². The SMILES string of the molecule is CC1(C)c2ccccc2-c2c1ccc1oc3c(-c4nc(-c5ccccn5)nc(-c5ccccn5)n4)cccc3c21. The van der Waals surface area contributed by atoms with E-state index >= 15 is 0 Å². The molecule has 0 aliphatic heterocycles. The Balaban J connectivity index is 1.41. The number of furan rings is 1. The van der Waals surface area contributed by atoms with Crippen LogP contribution in [0.4, 0.5) is 0 Å². The number of hydrogen-bond donors (Lipinski definition) is 0. The number of nitrogens with zero attached hydrogens (tertiary/aromatic N) is 5. The summed E-state index contributed by atoms with van der Waals surface area (Å²) in [7, 11) is 0. The van der Waals surface area contributed by atoms with E-state index in [1.165, 1.54) is 22.3 Å². The van der Waals surface area contributed by atoms with Crippen molar-refractivity contribution in [2.24, 2.45) is 0 Å². The Kier molecular flexibility index (Phi) is 4.76. The quantitative estimate of drug-likeness (QED) is 0.237. The number of fused-ring (bicyclic) bond motifs is 7. The van der Waals surface area contributed by atoms with Gasteiger partial charge in [0.2, 0.25) is 0 Å². The second kappa shape index (κ2) is 8.38. The van der Waals surface area contributed by atoms with Gasteiger partial charge in [-0.25, -0.2) is 15.0 Å². The van der Waals surface area contributed by atoms with E-state index in [9.17, 15) is 0 Å². The molecule has 40 heavy (non-hydrogen) atoms. The Morgan fingerprint density at radius 3 is 1.93 bits per heavy atom. The lowest BCUT2D eigenvalue weighted by atomic mass is 9.82. The van der Waals surface area contributed by atoms with E-state index in [1.54, 1.807) is 12.4 Å². The van der Waals surface area contributed by atoms with Crippen molar-refractivity contribution in [3.63, 3.8) is 0 Å². The summed E-state index contributed by atoms with van der Waals surface area (Å²) in [5.74, 6) is 1.48. The van der Waals surface area contributed by atoms with Crippen LogP contribution in [0.15, 0.2) is 108 Å². The molecule has 6 nitrogen and oxygen atoms in total. The first-order valence-electron chi connectivity index (χ1n) is 13.3. The van der Waals surface area contributed by atoms with Gasteiger partial charge in [-0.15, -0.1) is 0 Å². The molecule has 0 saturated carbocycles. The highest BCUT2D eigenvalue weighted by Crippen LogP contribution is 2.53.